The van der Waals surface area contributed by atoms with Crippen LogP contribution in [0.25, 0.3) is 0 Å². The molecule has 0 fully saturated rings. The SMILES string of the molecule is CCCCC/C=C\C/C=C/C=C/C=C\[C@H](S)[C@H](O)CCCC(=O)O. The number of rotatable bonds is 14. The molecule has 0 saturated heterocycles. The van der Waals surface area contributed by atoms with Gasteiger partial charge in [0.1, 0.15) is 0 Å². The van der Waals surface area contributed by atoms with Gasteiger partial charge in [-0.1, -0.05) is 68.4 Å². The van der Waals surface area contributed by atoms with Gasteiger partial charge < -0.3 is 10.2 Å². The maximum atomic E-state index is 10.4. The Bertz CT molecular complexity index is 425. The number of allylic oxidation sites excluding steroid dienone is 7. The van der Waals surface area contributed by atoms with Crippen LogP contribution in [-0.2, 0) is 4.79 Å². The van der Waals surface area contributed by atoms with Crippen LogP contribution in [0.15, 0.2) is 48.6 Å². The highest BCUT2D eigenvalue weighted by Crippen LogP contribution is 2.11. The second kappa shape index (κ2) is 16.6. The lowest BCUT2D eigenvalue weighted by atomic mass is 10.1. The number of aliphatic hydroxyl groups excluding tert-OH is 1. The van der Waals surface area contributed by atoms with Gasteiger partial charge in [0.2, 0.25) is 0 Å². The maximum absolute atomic E-state index is 10.4. The van der Waals surface area contributed by atoms with Crippen LogP contribution in [0.3, 0.4) is 0 Å². The Labute approximate surface area is 152 Å². The van der Waals surface area contributed by atoms with Crippen molar-refractivity contribution in [1.82, 2.24) is 0 Å². The molecule has 0 aromatic rings. The number of carbonyl (C=O) groups is 1. The minimum absolute atomic E-state index is 0.0824. The molecular weight excluding hydrogens is 320 g/mol. The summed E-state index contributed by atoms with van der Waals surface area (Å²) in [6.07, 6.45) is 22.3. The lowest BCUT2D eigenvalue weighted by Gasteiger charge is -2.13. The van der Waals surface area contributed by atoms with E-state index in [1.165, 1.54) is 25.7 Å². The van der Waals surface area contributed by atoms with Gasteiger partial charge in [0.25, 0.3) is 0 Å². The third-order valence-electron chi connectivity index (χ3n) is 3.48. The zero-order valence-corrected chi connectivity index (χ0v) is 15.6. The van der Waals surface area contributed by atoms with Crippen LogP contribution in [0.1, 0.15) is 58.3 Å². The normalized spacial score (nSPS) is 15.1. The number of carboxylic acid groups (broad SMARTS) is 1. The number of aliphatic carboxylic acids is 1. The van der Waals surface area contributed by atoms with Crippen molar-refractivity contribution >= 4 is 18.6 Å². The fourth-order valence-electron chi connectivity index (χ4n) is 2.03. The summed E-state index contributed by atoms with van der Waals surface area (Å²) in [6.45, 7) is 2.21. The van der Waals surface area contributed by atoms with E-state index in [2.05, 4.69) is 37.8 Å². The molecule has 0 aliphatic carbocycles. The molecule has 0 unspecified atom stereocenters. The van der Waals surface area contributed by atoms with Crippen LogP contribution >= 0.6 is 12.6 Å². The van der Waals surface area contributed by atoms with E-state index in [1.807, 2.05) is 30.4 Å². The molecule has 0 aliphatic rings. The minimum atomic E-state index is -0.834. The van der Waals surface area contributed by atoms with E-state index in [-0.39, 0.29) is 11.7 Å². The second-order valence-electron chi connectivity index (χ2n) is 5.74. The summed E-state index contributed by atoms with van der Waals surface area (Å²) >= 11 is 4.31. The van der Waals surface area contributed by atoms with E-state index in [0.29, 0.717) is 12.8 Å². The lowest BCUT2D eigenvalue weighted by Crippen LogP contribution is -2.19. The summed E-state index contributed by atoms with van der Waals surface area (Å²) in [7, 11) is 0. The van der Waals surface area contributed by atoms with Crippen molar-refractivity contribution in [3.8, 4) is 0 Å². The maximum Gasteiger partial charge on any atom is 0.303 e. The number of aliphatic hydroxyl groups is 1. The van der Waals surface area contributed by atoms with Crippen molar-refractivity contribution < 1.29 is 15.0 Å². The molecular formula is C20H32O3S. The molecule has 0 radical (unpaired) electrons. The van der Waals surface area contributed by atoms with Crippen LogP contribution in [-0.4, -0.2) is 27.5 Å². The van der Waals surface area contributed by atoms with Crippen molar-refractivity contribution in [3.05, 3.63) is 48.6 Å². The predicted molar refractivity (Wildman–Crippen MR) is 106 cm³/mol. The van der Waals surface area contributed by atoms with E-state index in [0.717, 1.165) is 6.42 Å². The third kappa shape index (κ3) is 15.6. The van der Waals surface area contributed by atoms with E-state index < -0.39 is 12.1 Å². The highest BCUT2D eigenvalue weighted by Gasteiger charge is 2.12. The average molecular weight is 353 g/mol. The number of unbranched alkanes of at least 4 members (excludes halogenated alkanes) is 3. The Morgan fingerprint density at radius 2 is 1.79 bits per heavy atom. The van der Waals surface area contributed by atoms with Crippen LogP contribution < -0.4 is 0 Å². The molecule has 136 valence electrons. The lowest BCUT2D eigenvalue weighted by molar-refractivity contribution is -0.137. The highest BCUT2D eigenvalue weighted by atomic mass is 32.1. The van der Waals surface area contributed by atoms with Crippen LogP contribution in [0.2, 0.25) is 0 Å². The first kappa shape index (κ1) is 22.7. The molecule has 0 spiro atoms. The van der Waals surface area contributed by atoms with Crippen molar-refractivity contribution in [1.29, 1.82) is 0 Å². The van der Waals surface area contributed by atoms with Gasteiger partial charge in [0, 0.05) is 11.7 Å². The highest BCUT2D eigenvalue weighted by molar-refractivity contribution is 7.81. The standard InChI is InChI=1S/C20H32O3S/c1-2-3-4-5-6-7-8-9-10-11-12-13-16-19(24)18(21)15-14-17-20(22)23/h6-7,9-13,16,18-19,21,24H,2-5,8,14-15,17H2,1H3,(H,22,23)/b7-6-,10-9+,12-11+,16-13-/t18-,19+/m1/s1. The molecule has 3 nitrogen and oxygen atoms in total. The van der Waals surface area contributed by atoms with E-state index in [1.54, 1.807) is 0 Å². The number of hydrogen-bond donors (Lipinski definition) is 3. The Balaban J connectivity index is 3.81. The van der Waals surface area contributed by atoms with Gasteiger partial charge in [-0.15, -0.1) is 0 Å². The Hall–Kier alpha value is -1.26. The van der Waals surface area contributed by atoms with Crippen molar-refractivity contribution in [2.45, 2.75) is 69.6 Å². The molecule has 4 heteroatoms. The molecule has 0 aromatic carbocycles. The van der Waals surface area contributed by atoms with Crippen molar-refractivity contribution in [2.24, 2.45) is 0 Å². The zero-order chi connectivity index (χ0) is 18.0. The first-order chi connectivity index (χ1) is 11.6. The second-order valence-corrected chi connectivity index (χ2v) is 6.34. The van der Waals surface area contributed by atoms with Crippen molar-refractivity contribution in [2.75, 3.05) is 0 Å². The number of carboxylic acids is 1. The average Bonchev–Trinajstić information content (AvgIpc) is 2.55. The fourth-order valence-corrected chi connectivity index (χ4v) is 2.28. The zero-order valence-electron chi connectivity index (χ0n) is 14.7. The van der Waals surface area contributed by atoms with Gasteiger partial charge in [-0.25, -0.2) is 0 Å². The molecule has 0 aromatic heterocycles. The van der Waals surface area contributed by atoms with E-state index in [9.17, 15) is 9.90 Å². The molecule has 2 N–H and O–H groups in total. The van der Waals surface area contributed by atoms with Crippen LogP contribution in [0.4, 0.5) is 0 Å². The topological polar surface area (TPSA) is 57.5 Å². The quantitative estimate of drug-likeness (QED) is 0.176. The fraction of sp³-hybridized carbons (Fsp3) is 0.550. The minimum Gasteiger partial charge on any atom is -0.481 e. The Morgan fingerprint density at radius 3 is 2.50 bits per heavy atom. The first-order valence-electron chi connectivity index (χ1n) is 8.80. The number of hydrogen-bond acceptors (Lipinski definition) is 3. The summed E-state index contributed by atoms with van der Waals surface area (Å²) in [5.74, 6) is -0.834. The summed E-state index contributed by atoms with van der Waals surface area (Å²) in [5.41, 5.74) is 0. The van der Waals surface area contributed by atoms with Gasteiger partial charge in [0.05, 0.1) is 6.10 Å². The summed E-state index contributed by atoms with van der Waals surface area (Å²) in [6, 6.07) is 0. The predicted octanol–water partition coefficient (Wildman–Crippen LogP) is 5.10. The van der Waals surface area contributed by atoms with Gasteiger partial charge in [-0.3, -0.25) is 4.79 Å². The Morgan fingerprint density at radius 1 is 1.04 bits per heavy atom. The Kier molecular flexibility index (Phi) is 15.7. The molecule has 2 atom stereocenters. The monoisotopic (exact) mass is 352 g/mol. The van der Waals surface area contributed by atoms with Gasteiger partial charge in [-0.05, 0) is 32.1 Å². The van der Waals surface area contributed by atoms with E-state index >= 15 is 0 Å². The largest absolute Gasteiger partial charge is 0.481 e. The van der Waals surface area contributed by atoms with Crippen LogP contribution in [0, 0.1) is 0 Å². The van der Waals surface area contributed by atoms with Gasteiger partial charge in [0.15, 0.2) is 0 Å². The summed E-state index contributed by atoms with van der Waals surface area (Å²) < 4.78 is 0. The molecule has 0 aliphatic heterocycles. The molecule has 0 amide bonds. The molecule has 0 rings (SSSR count). The summed E-state index contributed by atoms with van der Waals surface area (Å²) in [5, 5.41) is 18.1. The van der Waals surface area contributed by atoms with Gasteiger partial charge in [-0.2, -0.15) is 12.6 Å². The third-order valence-corrected chi connectivity index (χ3v) is 3.99. The van der Waals surface area contributed by atoms with Gasteiger partial charge >= 0.3 is 5.97 Å². The summed E-state index contributed by atoms with van der Waals surface area (Å²) in [4.78, 5) is 10.4. The first-order valence-corrected chi connectivity index (χ1v) is 9.32. The molecule has 0 saturated carbocycles. The molecule has 0 heterocycles. The molecule has 24 heavy (non-hydrogen) atoms. The molecule has 0 bridgehead atoms. The van der Waals surface area contributed by atoms with Crippen LogP contribution in [0.5, 0.6) is 0 Å². The number of thiol groups is 1. The van der Waals surface area contributed by atoms with E-state index in [4.69, 9.17) is 5.11 Å². The van der Waals surface area contributed by atoms with Crippen molar-refractivity contribution in [3.63, 3.8) is 0 Å². The smallest absolute Gasteiger partial charge is 0.303 e.